The number of benzene rings is 1. The van der Waals surface area contributed by atoms with E-state index >= 15 is 0 Å². The predicted molar refractivity (Wildman–Crippen MR) is 101 cm³/mol. The van der Waals surface area contributed by atoms with Gasteiger partial charge in [-0.2, -0.15) is 0 Å². The molecule has 0 aromatic heterocycles. The number of rotatable bonds is 4. The van der Waals surface area contributed by atoms with Crippen LogP contribution in [0, 0.1) is 5.41 Å². The van der Waals surface area contributed by atoms with Crippen molar-refractivity contribution in [1.29, 1.82) is 0 Å². The van der Waals surface area contributed by atoms with Crippen LogP contribution < -0.4 is 10.1 Å². The maximum Gasteiger partial charge on any atom is 0.321 e. The van der Waals surface area contributed by atoms with Gasteiger partial charge >= 0.3 is 6.03 Å². The Morgan fingerprint density at radius 2 is 1.85 bits per heavy atom. The average Bonchev–Trinajstić information content (AvgIpc) is 2.66. The Labute approximate surface area is 155 Å². The predicted octanol–water partition coefficient (Wildman–Crippen LogP) is 3.34. The second kappa shape index (κ2) is 7.98. The number of hydrogen-bond donors (Lipinski definition) is 1. The largest absolute Gasteiger partial charge is 0.494 e. The van der Waals surface area contributed by atoms with Crippen LogP contribution in [0.15, 0.2) is 24.3 Å². The van der Waals surface area contributed by atoms with Crippen LogP contribution in [-0.2, 0) is 4.79 Å². The second-order valence-corrected chi connectivity index (χ2v) is 7.28. The molecule has 26 heavy (non-hydrogen) atoms. The molecule has 1 aromatic carbocycles. The van der Waals surface area contributed by atoms with Gasteiger partial charge in [-0.3, -0.25) is 4.79 Å². The minimum atomic E-state index is -0.0526. The topological polar surface area (TPSA) is 61.9 Å². The van der Waals surface area contributed by atoms with Crippen LogP contribution in [0.1, 0.15) is 39.5 Å². The fourth-order valence-corrected chi connectivity index (χ4v) is 3.99. The number of nitrogens with one attached hydrogen (secondary N) is 1. The molecule has 6 heteroatoms. The van der Waals surface area contributed by atoms with Crippen molar-refractivity contribution in [2.24, 2.45) is 5.41 Å². The number of nitrogens with zero attached hydrogens (tertiary/aromatic N) is 2. The molecule has 0 bridgehead atoms. The fraction of sp³-hybridized carbons (Fsp3) is 0.600. The van der Waals surface area contributed by atoms with Crippen LogP contribution in [0.2, 0.25) is 0 Å². The maximum absolute atomic E-state index is 12.5. The van der Waals surface area contributed by atoms with Crippen molar-refractivity contribution in [3.05, 3.63) is 24.3 Å². The molecule has 0 atom stereocenters. The van der Waals surface area contributed by atoms with Crippen molar-refractivity contribution < 1.29 is 14.3 Å². The summed E-state index contributed by atoms with van der Waals surface area (Å²) in [5.41, 5.74) is 0.971. The molecule has 0 unspecified atom stereocenters. The lowest BCUT2D eigenvalue weighted by Gasteiger charge is -2.47. The van der Waals surface area contributed by atoms with Gasteiger partial charge in [-0.1, -0.05) is 0 Å². The summed E-state index contributed by atoms with van der Waals surface area (Å²) < 4.78 is 5.42. The first-order valence-electron chi connectivity index (χ1n) is 9.62. The number of carbonyl (C=O) groups excluding carboxylic acids is 2. The Morgan fingerprint density at radius 1 is 1.15 bits per heavy atom. The fourth-order valence-electron chi connectivity index (χ4n) is 3.99. The SMILES string of the molecule is CCOc1ccc(NC(=O)N2CCC3(CCC(=O)N(CC)C3)CC2)cc1. The normalized spacial score (nSPS) is 19.5. The molecule has 2 fully saturated rings. The summed E-state index contributed by atoms with van der Waals surface area (Å²) in [6, 6.07) is 7.40. The van der Waals surface area contributed by atoms with Crippen LogP contribution in [-0.4, -0.2) is 54.5 Å². The molecule has 142 valence electrons. The molecule has 1 N–H and O–H groups in total. The van der Waals surface area contributed by atoms with Crippen LogP contribution in [0.5, 0.6) is 5.75 Å². The highest BCUT2D eigenvalue weighted by atomic mass is 16.5. The zero-order valence-corrected chi connectivity index (χ0v) is 15.8. The van der Waals surface area contributed by atoms with E-state index in [1.165, 1.54) is 0 Å². The van der Waals surface area contributed by atoms with Crippen molar-refractivity contribution in [3.63, 3.8) is 0 Å². The van der Waals surface area contributed by atoms with Crippen molar-refractivity contribution in [2.75, 3.05) is 38.1 Å². The lowest BCUT2D eigenvalue weighted by molar-refractivity contribution is -0.138. The molecular formula is C20H29N3O3. The quantitative estimate of drug-likeness (QED) is 0.897. The summed E-state index contributed by atoms with van der Waals surface area (Å²) >= 11 is 0. The molecule has 1 spiro atoms. The van der Waals surface area contributed by atoms with Crippen LogP contribution in [0.4, 0.5) is 10.5 Å². The van der Waals surface area contributed by atoms with Gasteiger partial charge in [-0.25, -0.2) is 4.79 Å². The summed E-state index contributed by atoms with van der Waals surface area (Å²) in [6.07, 6.45) is 3.53. The van der Waals surface area contributed by atoms with Gasteiger partial charge in [-0.05, 0) is 62.8 Å². The zero-order valence-electron chi connectivity index (χ0n) is 15.8. The number of anilines is 1. The second-order valence-electron chi connectivity index (χ2n) is 7.28. The average molecular weight is 359 g/mol. The molecular weight excluding hydrogens is 330 g/mol. The maximum atomic E-state index is 12.5. The molecule has 0 aliphatic carbocycles. The van der Waals surface area contributed by atoms with Gasteiger partial charge in [0.15, 0.2) is 0 Å². The number of urea groups is 1. The van der Waals surface area contributed by atoms with E-state index in [-0.39, 0.29) is 17.4 Å². The monoisotopic (exact) mass is 359 g/mol. The number of hydrogen-bond acceptors (Lipinski definition) is 3. The standard InChI is InChI=1S/C20H29N3O3/c1-3-22-15-20(10-9-18(22)24)11-13-23(14-12-20)19(25)21-16-5-7-17(8-6-16)26-4-2/h5-8H,3-4,9-15H2,1-2H3,(H,21,25). The first-order valence-corrected chi connectivity index (χ1v) is 9.62. The molecule has 1 aromatic rings. The van der Waals surface area contributed by atoms with E-state index in [4.69, 9.17) is 4.74 Å². The van der Waals surface area contributed by atoms with Gasteiger partial charge < -0.3 is 19.9 Å². The molecule has 2 aliphatic rings. The number of amides is 3. The van der Waals surface area contributed by atoms with Crippen LogP contribution >= 0.6 is 0 Å². The molecule has 2 saturated heterocycles. The van der Waals surface area contributed by atoms with E-state index in [1.807, 2.05) is 47.9 Å². The Morgan fingerprint density at radius 3 is 2.46 bits per heavy atom. The first-order chi connectivity index (χ1) is 12.5. The van der Waals surface area contributed by atoms with Gasteiger partial charge in [-0.15, -0.1) is 0 Å². The van der Waals surface area contributed by atoms with E-state index in [2.05, 4.69) is 5.32 Å². The van der Waals surface area contributed by atoms with E-state index in [0.717, 1.165) is 56.9 Å². The minimum absolute atomic E-state index is 0.0526. The Balaban J connectivity index is 1.52. The highest BCUT2D eigenvalue weighted by molar-refractivity contribution is 5.89. The smallest absolute Gasteiger partial charge is 0.321 e. The van der Waals surface area contributed by atoms with E-state index < -0.39 is 0 Å². The molecule has 0 saturated carbocycles. The minimum Gasteiger partial charge on any atom is -0.494 e. The molecule has 3 rings (SSSR count). The van der Waals surface area contributed by atoms with E-state index in [1.54, 1.807) is 0 Å². The summed E-state index contributed by atoms with van der Waals surface area (Å²) in [5.74, 6) is 1.08. The third kappa shape index (κ3) is 4.11. The zero-order chi connectivity index (χ0) is 18.6. The molecule has 6 nitrogen and oxygen atoms in total. The van der Waals surface area contributed by atoms with Gasteiger partial charge in [0.05, 0.1) is 6.61 Å². The first kappa shape index (κ1) is 18.5. The highest BCUT2D eigenvalue weighted by Gasteiger charge is 2.41. The van der Waals surface area contributed by atoms with Gasteiger partial charge in [0.25, 0.3) is 0 Å². The summed E-state index contributed by atoms with van der Waals surface area (Å²) in [4.78, 5) is 28.3. The number of carbonyl (C=O) groups is 2. The lowest BCUT2D eigenvalue weighted by Crippen LogP contribution is -2.52. The number of likely N-dealkylation sites (tertiary alicyclic amines) is 2. The number of piperidine rings is 2. The van der Waals surface area contributed by atoms with Gasteiger partial charge in [0, 0.05) is 38.3 Å². The Hall–Kier alpha value is -2.24. The summed E-state index contributed by atoms with van der Waals surface area (Å²) in [6.45, 7) is 7.72. The van der Waals surface area contributed by atoms with Crippen molar-refractivity contribution in [3.8, 4) is 5.75 Å². The van der Waals surface area contributed by atoms with Gasteiger partial charge in [0.1, 0.15) is 5.75 Å². The number of ether oxygens (including phenoxy) is 1. The summed E-state index contributed by atoms with van der Waals surface area (Å²) in [5, 5.41) is 2.97. The van der Waals surface area contributed by atoms with Crippen LogP contribution in [0.25, 0.3) is 0 Å². The van der Waals surface area contributed by atoms with Crippen molar-refractivity contribution in [2.45, 2.75) is 39.5 Å². The lowest BCUT2D eigenvalue weighted by atomic mass is 9.72. The Bertz CT molecular complexity index is 636. The van der Waals surface area contributed by atoms with E-state index in [0.29, 0.717) is 13.0 Å². The van der Waals surface area contributed by atoms with Crippen LogP contribution in [0.3, 0.4) is 0 Å². The van der Waals surface area contributed by atoms with Crippen molar-refractivity contribution >= 4 is 17.6 Å². The Kier molecular flexibility index (Phi) is 5.69. The van der Waals surface area contributed by atoms with Gasteiger partial charge in [0.2, 0.25) is 5.91 Å². The molecule has 2 heterocycles. The molecule has 0 radical (unpaired) electrons. The molecule has 2 aliphatic heterocycles. The van der Waals surface area contributed by atoms with Crippen molar-refractivity contribution in [1.82, 2.24) is 9.80 Å². The molecule has 3 amide bonds. The third-order valence-corrected chi connectivity index (χ3v) is 5.66. The summed E-state index contributed by atoms with van der Waals surface area (Å²) in [7, 11) is 0. The van der Waals surface area contributed by atoms with E-state index in [9.17, 15) is 9.59 Å². The third-order valence-electron chi connectivity index (χ3n) is 5.66. The highest BCUT2D eigenvalue weighted by Crippen LogP contribution is 2.40.